The fraction of sp³-hybridized carbons (Fsp3) is 0.778. The molecule has 0 unspecified atom stereocenters. The Morgan fingerprint density at radius 2 is 1.78 bits per heavy atom. The summed E-state index contributed by atoms with van der Waals surface area (Å²) in [5, 5.41) is 5.71. The lowest BCUT2D eigenvalue weighted by molar-refractivity contribution is 0.239. The highest BCUT2D eigenvalue weighted by Crippen LogP contribution is 2.42. The Morgan fingerprint density at radius 1 is 1.17 bits per heavy atom. The molecular formula is C18H32N4O. The van der Waals surface area contributed by atoms with Crippen LogP contribution in [0.5, 0.6) is 0 Å². The van der Waals surface area contributed by atoms with E-state index in [1.807, 2.05) is 0 Å². The maximum Gasteiger partial charge on any atom is 0.314 e. The Hall–Kier alpha value is -1.52. The van der Waals surface area contributed by atoms with Crippen LogP contribution in [0.4, 0.5) is 4.79 Å². The van der Waals surface area contributed by atoms with E-state index >= 15 is 0 Å². The molecule has 2 atom stereocenters. The van der Waals surface area contributed by atoms with E-state index in [1.165, 1.54) is 11.3 Å². The van der Waals surface area contributed by atoms with Crippen molar-refractivity contribution in [3.63, 3.8) is 0 Å². The average molecular weight is 320 g/mol. The van der Waals surface area contributed by atoms with E-state index in [9.17, 15) is 4.79 Å². The Kier molecular flexibility index (Phi) is 4.53. The van der Waals surface area contributed by atoms with Gasteiger partial charge in [-0.1, -0.05) is 41.5 Å². The predicted molar refractivity (Wildman–Crippen MR) is 95.5 cm³/mol. The second-order valence-corrected chi connectivity index (χ2v) is 8.72. The number of fused-ring (bicyclic) bond motifs is 1. The van der Waals surface area contributed by atoms with Gasteiger partial charge in [0.15, 0.2) is 0 Å². The molecule has 0 saturated carbocycles. The number of carbonyl (C=O) groups excluding carboxylic acids is 1. The smallest absolute Gasteiger partial charge is 0.314 e. The Morgan fingerprint density at radius 3 is 2.26 bits per heavy atom. The number of hydrogen-bond donors (Lipinski definition) is 2. The van der Waals surface area contributed by atoms with Crippen LogP contribution in [0.1, 0.15) is 54.9 Å². The van der Waals surface area contributed by atoms with Crippen LogP contribution in [0.3, 0.4) is 0 Å². The molecule has 1 fully saturated rings. The molecule has 0 aromatic carbocycles. The summed E-state index contributed by atoms with van der Waals surface area (Å²) in [5.41, 5.74) is 2.81. The number of amides is 2. The zero-order valence-electron chi connectivity index (χ0n) is 15.9. The van der Waals surface area contributed by atoms with Gasteiger partial charge in [0.1, 0.15) is 5.84 Å². The van der Waals surface area contributed by atoms with Crippen molar-refractivity contribution in [2.45, 2.75) is 67.0 Å². The van der Waals surface area contributed by atoms with Gasteiger partial charge in [0.2, 0.25) is 0 Å². The average Bonchev–Trinajstić information content (AvgIpc) is 2.77. The number of nitrogens with one attached hydrogen (secondary N) is 2. The molecule has 5 nitrogen and oxygen atoms in total. The first-order valence-electron chi connectivity index (χ1n) is 8.52. The van der Waals surface area contributed by atoms with Crippen molar-refractivity contribution in [3.05, 3.63) is 11.3 Å². The van der Waals surface area contributed by atoms with E-state index in [1.54, 1.807) is 7.05 Å². The van der Waals surface area contributed by atoms with Crippen LogP contribution in [0, 0.1) is 10.8 Å². The number of urea groups is 1. The summed E-state index contributed by atoms with van der Waals surface area (Å²) in [4.78, 5) is 19.1. The van der Waals surface area contributed by atoms with Gasteiger partial charge in [0, 0.05) is 31.1 Å². The minimum absolute atomic E-state index is 0.00910. The molecule has 0 aliphatic carbocycles. The molecule has 0 radical (unpaired) electrons. The second-order valence-electron chi connectivity index (χ2n) is 8.72. The summed E-state index contributed by atoms with van der Waals surface area (Å²) < 4.78 is 0. The van der Waals surface area contributed by atoms with Crippen molar-refractivity contribution < 1.29 is 4.79 Å². The molecule has 0 bridgehead atoms. The van der Waals surface area contributed by atoms with Crippen LogP contribution in [0.25, 0.3) is 0 Å². The lowest BCUT2D eigenvalue weighted by atomic mass is 9.79. The van der Waals surface area contributed by atoms with Crippen LogP contribution in [-0.2, 0) is 0 Å². The van der Waals surface area contributed by atoms with Gasteiger partial charge in [-0.05, 0) is 17.9 Å². The topological polar surface area (TPSA) is 56.7 Å². The van der Waals surface area contributed by atoms with Crippen molar-refractivity contribution >= 4 is 11.9 Å². The molecular weight excluding hydrogens is 288 g/mol. The zero-order chi connectivity index (χ0) is 17.6. The molecule has 2 N–H and O–H groups in total. The van der Waals surface area contributed by atoms with Crippen molar-refractivity contribution in [2.24, 2.45) is 15.8 Å². The third-order valence-electron chi connectivity index (χ3n) is 4.51. The summed E-state index contributed by atoms with van der Waals surface area (Å²) in [6.45, 7) is 16.4. The van der Waals surface area contributed by atoms with Gasteiger partial charge in [-0.15, -0.1) is 0 Å². The maximum absolute atomic E-state index is 11.7. The third kappa shape index (κ3) is 3.54. The number of amidine groups is 1. The van der Waals surface area contributed by atoms with Crippen LogP contribution >= 0.6 is 0 Å². The molecule has 23 heavy (non-hydrogen) atoms. The number of carbonyl (C=O) groups is 1. The fourth-order valence-electron chi connectivity index (χ4n) is 3.78. The second kappa shape index (κ2) is 5.84. The molecule has 2 aliphatic heterocycles. The molecule has 1 saturated heterocycles. The minimum atomic E-state index is -0.116. The van der Waals surface area contributed by atoms with Crippen LogP contribution in [-0.4, -0.2) is 42.4 Å². The number of hydrogen-bond acceptors (Lipinski definition) is 3. The van der Waals surface area contributed by atoms with Gasteiger partial charge < -0.3 is 15.5 Å². The highest BCUT2D eigenvalue weighted by Gasteiger charge is 2.42. The molecule has 0 aromatic heterocycles. The minimum Gasteiger partial charge on any atom is -0.341 e. The summed E-state index contributed by atoms with van der Waals surface area (Å²) >= 11 is 0. The summed E-state index contributed by atoms with van der Waals surface area (Å²) in [6, 6.07) is 0.199. The predicted octanol–water partition coefficient (Wildman–Crippen LogP) is 3.14. The quantitative estimate of drug-likeness (QED) is 0.780. The highest BCUT2D eigenvalue weighted by atomic mass is 16.2. The van der Waals surface area contributed by atoms with E-state index in [0.717, 1.165) is 18.8 Å². The molecule has 2 rings (SSSR count). The van der Waals surface area contributed by atoms with Crippen molar-refractivity contribution in [1.82, 2.24) is 15.5 Å². The van der Waals surface area contributed by atoms with E-state index < -0.39 is 0 Å². The van der Waals surface area contributed by atoms with Gasteiger partial charge in [-0.2, -0.15) is 0 Å². The van der Waals surface area contributed by atoms with E-state index in [-0.39, 0.29) is 28.9 Å². The highest BCUT2D eigenvalue weighted by molar-refractivity contribution is 5.90. The summed E-state index contributed by atoms with van der Waals surface area (Å²) in [5.74, 6) is 1.13. The Labute approximate surface area is 140 Å². The number of aliphatic imine (C=N–C) groups is 1. The van der Waals surface area contributed by atoms with E-state index in [0.29, 0.717) is 0 Å². The summed E-state index contributed by atoms with van der Waals surface area (Å²) in [6.07, 6.45) is 0.874. The Bertz CT molecular complexity index is 548. The van der Waals surface area contributed by atoms with Gasteiger partial charge in [-0.25, -0.2) is 4.79 Å². The fourth-order valence-corrected chi connectivity index (χ4v) is 3.78. The lowest BCUT2D eigenvalue weighted by Crippen LogP contribution is -2.46. The van der Waals surface area contributed by atoms with Gasteiger partial charge in [0.25, 0.3) is 0 Å². The van der Waals surface area contributed by atoms with Gasteiger partial charge in [0.05, 0.1) is 12.1 Å². The first kappa shape index (κ1) is 17.8. The first-order valence-corrected chi connectivity index (χ1v) is 8.52. The number of rotatable bonds is 1. The van der Waals surface area contributed by atoms with Crippen molar-refractivity contribution in [3.8, 4) is 0 Å². The normalized spacial score (nSPS) is 25.2. The van der Waals surface area contributed by atoms with E-state index in [2.05, 4.69) is 64.0 Å². The molecule has 130 valence electrons. The lowest BCUT2D eigenvalue weighted by Gasteiger charge is -2.41. The molecule has 2 heterocycles. The Balaban J connectivity index is 2.42. The SMILES string of the molecule is CNC(=O)N[C@@H]1CC2=C(C(C)(C)C)[C@H](C)N=C(C(C)(C)C)N2C1. The van der Waals surface area contributed by atoms with Crippen LogP contribution in [0.2, 0.25) is 0 Å². The molecule has 0 aromatic rings. The molecule has 5 heteroatoms. The molecule has 2 amide bonds. The van der Waals surface area contributed by atoms with Gasteiger partial charge >= 0.3 is 6.03 Å². The number of nitrogens with zero attached hydrogens (tertiary/aromatic N) is 2. The van der Waals surface area contributed by atoms with Crippen molar-refractivity contribution in [2.75, 3.05) is 13.6 Å². The monoisotopic (exact) mass is 320 g/mol. The third-order valence-corrected chi connectivity index (χ3v) is 4.51. The standard InChI is InChI=1S/C18H32N4O/c1-11-14(17(2,3)4)13-9-12(21-16(23)19-8)10-22(13)15(20-11)18(5,6)7/h11-12H,9-10H2,1-8H3,(H2,19,21,23)/t11-,12+/m0/s1. The van der Waals surface area contributed by atoms with E-state index in [4.69, 9.17) is 4.99 Å². The van der Waals surface area contributed by atoms with Crippen LogP contribution < -0.4 is 10.6 Å². The van der Waals surface area contributed by atoms with Crippen molar-refractivity contribution in [1.29, 1.82) is 0 Å². The maximum atomic E-state index is 11.7. The molecule has 2 aliphatic rings. The van der Waals surface area contributed by atoms with Crippen LogP contribution in [0.15, 0.2) is 16.3 Å². The zero-order valence-corrected chi connectivity index (χ0v) is 15.9. The van der Waals surface area contributed by atoms with Gasteiger partial charge in [-0.3, -0.25) is 4.99 Å². The first-order chi connectivity index (χ1) is 10.4. The summed E-state index contributed by atoms with van der Waals surface area (Å²) in [7, 11) is 1.65. The molecule has 0 spiro atoms. The largest absolute Gasteiger partial charge is 0.341 e.